The van der Waals surface area contributed by atoms with E-state index in [1.54, 1.807) is 50.4 Å². The van der Waals surface area contributed by atoms with Crippen molar-refractivity contribution >= 4 is 69.1 Å². The smallest absolute Gasteiger partial charge is 0.262 e. The molecule has 1 amide bonds. The Hall–Kier alpha value is -1.77. The number of halogens is 3. The zero-order valence-corrected chi connectivity index (χ0v) is 19.2. The Balaban J connectivity index is 1.91. The summed E-state index contributed by atoms with van der Waals surface area (Å²) in [7, 11) is 1.55. The van der Waals surface area contributed by atoms with Gasteiger partial charge < -0.3 is 10.1 Å². The van der Waals surface area contributed by atoms with E-state index in [0.717, 1.165) is 11.8 Å². The Labute approximate surface area is 192 Å². The van der Waals surface area contributed by atoms with Gasteiger partial charge in [0.25, 0.3) is 5.56 Å². The minimum Gasteiger partial charge on any atom is -0.383 e. The molecule has 2 aromatic carbocycles. The van der Waals surface area contributed by atoms with Crippen LogP contribution in [0.4, 0.5) is 5.69 Å². The second-order valence-corrected chi connectivity index (χ2v) is 8.97. The highest BCUT2D eigenvalue weighted by Crippen LogP contribution is 2.28. The fourth-order valence-electron chi connectivity index (χ4n) is 2.68. The topological polar surface area (TPSA) is 73.2 Å². The van der Waals surface area contributed by atoms with Gasteiger partial charge in [-0.1, -0.05) is 46.6 Å². The fraction of sp³-hybridized carbons (Fsp3) is 0.250. The Bertz CT molecular complexity index is 1150. The Morgan fingerprint density at radius 2 is 1.90 bits per heavy atom. The summed E-state index contributed by atoms with van der Waals surface area (Å²) < 4.78 is 6.62. The minimum absolute atomic E-state index is 0.221. The molecule has 1 N–H and O–H groups in total. The first-order valence-corrected chi connectivity index (χ1v) is 10.9. The number of nitrogens with one attached hydrogen (secondary N) is 1. The van der Waals surface area contributed by atoms with Crippen LogP contribution < -0.4 is 10.9 Å². The first kappa shape index (κ1) is 22.9. The Morgan fingerprint density at radius 1 is 1.20 bits per heavy atom. The van der Waals surface area contributed by atoms with Crippen LogP contribution in [0, 0.1) is 0 Å². The van der Waals surface area contributed by atoms with Crippen molar-refractivity contribution in [3.05, 3.63) is 61.8 Å². The molecule has 0 saturated carbocycles. The molecule has 6 nitrogen and oxygen atoms in total. The number of fused-ring (bicyclic) bond motifs is 1. The monoisotopic (exact) mass is 485 g/mol. The van der Waals surface area contributed by atoms with Crippen molar-refractivity contribution in [3.8, 4) is 0 Å². The summed E-state index contributed by atoms with van der Waals surface area (Å²) in [6, 6.07) is 9.72. The van der Waals surface area contributed by atoms with Gasteiger partial charge in [0.2, 0.25) is 5.91 Å². The number of methoxy groups -OCH3 is 1. The second kappa shape index (κ2) is 10.0. The van der Waals surface area contributed by atoms with Crippen LogP contribution in [0.1, 0.15) is 6.92 Å². The standard InChI is InChI=1S/C20H18Cl3N3O3S/c1-11(18(27)24-17-10-13(22)4-6-15(17)23)30-20-25-16-9-12(21)3-5-14(16)19(28)26(20)7-8-29-2/h3-6,9-11H,7-8H2,1-2H3,(H,24,27). The summed E-state index contributed by atoms with van der Waals surface area (Å²) in [5.74, 6) is -0.303. The molecule has 0 aliphatic heterocycles. The van der Waals surface area contributed by atoms with Crippen LogP contribution >= 0.6 is 46.6 Å². The number of hydrogen-bond donors (Lipinski definition) is 1. The summed E-state index contributed by atoms with van der Waals surface area (Å²) >= 11 is 19.3. The fourth-order valence-corrected chi connectivity index (χ4v) is 4.12. The van der Waals surface area contributed by atoms with Crippen LogP contribution in [0.3, 0.4) is 0 Å². The Morgan fingerprint density at radius 3 is 2.63 bits per heavy atom. The van der Waals surface area contributed by atoms with Crippen molar-refractivity contribution in [2.75, 3.05) is 19.0 Å². The van der Waals surface area contributed by atoms with Crippen LogP contribution in [-0.2, 0) is 16.1 Å². The van der Waals surface area contributed by atoms with E-state index in [1.165, 1.54) is 4.57 Å². The second-order valence-electron chi connectivity index (χ2n) is 6.38. The quantitative estimate of drug-likeness (QED) is 0.370. The normalized spacial score (nSPS) is 12.2. The van der Waals surface area contributed by atoms with Crippen molar-refractivity contribution in [1.29, 1.82) is 0 Å². The van der Waals surface area contributed by atoms with Gasteiger partial charge in [0, 0.05) is 17.2 Å². The van der Waals surface area contributed by atoms with Crippen LogP contribution in [0.25, 0.3) is 10.9 Å². The van der Waals surface area contributed by atoms with Gasteiger partial charge in [0.05, 0.1) is 40.0 Å². The van der Waals surface area contributed by atoms with Crippen LogP contribution in [-0.4, -0.2) is 34.4 Å². The van der Waals surface area contributed by atoms with E-state index >= 15 is 0 Å². The average Bonchev–Trinajstić information content (AvgIpc) is 2.70. The number of hydrogen-bond acceptors (Lipinski definition) is 5. The van der Waals surface area contributed by atoms with Crippen LogP contribution in [0.5, 0.6) is 0 Å². The lowest BCUT2D eigenvalue weighted by Crippen LogP contribution is -2.28. The predicted octanol–water partition coefficient (Wildman–Crippen LogP) is 5.12. The molecule has 0 bridgehead atoms. The highest BCUT2D eigenvalue weighted by atomic mass is 35.5. The molecule has 0 radical (unpaired) electrons. The lowest BCUT2D eigenvalue weighted by atomic mass is 10.2. The molecular formula is C20H18Cl3N3O3S. The average molecular weight is 487 g/mol. The molecule has 0 fully saturated rings. The molecular weight excluding hydrogens is 469 g/mol. The number of nitrogens with zero attached hydrogens (tertiary/aromatic N) is 2. The number of carbonyl (C=O) groups is 1. The zero-order valence-electron chi connectivity index (χ0n) is 16.1. The van der Waals surface area contributed by atoms with Gasteiger partial charge in [-0.2, -0.15) is 0 Å². The minimum atomic E-state index is -0.572. The molecule has 10 heteroatoms. The molecule has 1 atom stereocenters. The van der Waals surface area contributed by atoms with E-state index < -0.39 is 5.25 Å². The molecule has 158 valence electrons. The maximum atomic E-state index is 13.0. The highest BCUT2D eigenvalue weighted by molar-refractivity contribution is 8.00. The van der Waals surface area contributed by atoms with Gasteiger partial charge in [0.15, 0.2) is 5.16 Å². The highest BCUT2D eigenvalue weighted by Gasteiger charge is 2.20. The van der Waals surface area contributed by atoms with Crippen molar-refractivity contribution in [1.82, 2.24) is 9.55 Å². The first-order chi connectivity index (χ1) is 14.3. The van der Waals surface area contributed by atoms with Crippen molar-refractivity contribution in [2.24, 2.45) is 0 Å². The molecule has 30 heavy (non-hydrogen) atoms. The van der Waals surface area contributed by atoms with E-state index in [0.29, 0.717) is 50.0 Å². The molecule has 1 aromatic heterocycles. The van der Waals surface area contributed by atoms with Crippen molar-refractivity contribution in [2.45, 2.75) is 23.9 Å². The third kappa shape index (κ3) is 5.28. The number of anilines is 1. The number of rotatable bonds is 7. The maximum absolute atomic E-state index is 13.0. The number of carbonyl (C=O) groups excluding carboxylic acids is 1. The molecule has 1 heterocycles. The first-order valence-electron chi connectivity index (χ1n) is 8.91. The third-order valence-electron chi connectivity index (χ3n) is 4.24. The van der Waals surface area contributed by atoms with E-state index in [9.17, 15) is 9.59 Å². The molecule has 0 saturated heterocycles. The molecule has 0 spiro atoms. The molecule has 1 unspecified atom stereocenters. The summed E-state index contributed by atoms with van der Waals surface area (Å²) in [5.41, 5.74) is 0.660. The van der Waals surface area contributed by atoms with Crippen molar-refractivity contribution < 1.29 is 9.53 Å². The third-order valence-corrected chi connectivity index (χ3v) is 6.13. The summed E-state index contributed by atoms with van der Waals surface area (Å²) in [4.78, 5) is 30.3. The van der Waals surface area contributed by atoms with Gasteiger partial charge in [0.1, 0.15) is 0 Å². The predicted molar refractivity (Wildman–Crippen MR) is 123 cm³/mol. The van der Waals surface area contributed by atoms with Gasteiger partial charge in [-0.05, 0) is 43.3 Å². The SMILES string of the molecule is COCCn1c(SC(C)C(=O)Nc2cc(Cl)ccc2Cl)nc2cc(Cl)ccc2c1=O. The lowest BCUT2D eigenvalue weighted by Gasteiger charge is -2.16. The summed E-state index contributed by atoms with van der Waals surface area (Å²) in [6.45, 7) is 2.35. The van der Waals surface area contributed by atoms with E-state index in [2.05, 4.69) is 10.3 Å². The number of amides is 1. The summed E-state index contributed by atoms with van der Waals surface area (Å²) in [6.07, 6.45) is 0. The lowest BCUT2D eigenvalue weighted by molar-refractivity contribution is -0.115. The molecule has 0 aliphatic rings. The summed E-state index contributed by atoms with van der Waals surface area (Å²) in [5, 5.41) is 4.33. The van der Waals surface area contributed by atoms with E-state index in [1.807, 2.05) is 0 Å². The number of benzene rings is 2. The van der Waals surface area contributed by atoms with Crippen molar-refractivity contribution in [3.63, 3.8) is 0 Å². The largest absolute Gasteiger partial charge is 0.383 e. The van der Waals surface area contributed by atoms with E-state index in [4.69, 9.17) is 39.5 Å². The molecule has 3 aromatic rings. The molecule has 3 rings (SSSR count). The Kier molecular flexibility index (Phi) is 7.65. The zero-order chi connectivity index (χ0) is 21.8. The van der Waals surface area contributed by atoms with Crippen LogP contribution in [0.15, 0.2) is 46.3 Å². The van der Waals surface area contributed by atoms with Gasteiger partial charge >= 0.3 is 0 Å². The number of aromatic nitrogens is 2. The van der Waals surface area contributed by atoms with E-state index in [-0.39, 0.29) is 11.5 Å². The van der Waals surface area contributed by atoms with Gasteiger partial charge in [-0.25, -0.2) is 4.98 Å². The number of ether oxygens (including phenoxy) is 1. The molecule has 0 aliphatic carbocycles. The van der Waals surface area contributed by atoms with Gasteiger partial charge in [-0.15, -0.1) is 0 Å². The maximum Gasteiger partial charge on any atom is 0.262 e. The number of thioether (sulfide) groups is 1. The van der Waals surface area contributed by atoms with Gasteiger partial charge in [-0.3, -0.25) is 14.2 Å². The van der Waals surface area contributed by atoms with Crippen LogP contribution in [0.2, 0.25) is 15.1 Å².